The molecule has 0 radical (unpaired) electrons. The summed E-state index contributed by atoms with van der Waals surface area (Å²) in [6, 6.07) is 8.38. The number of benzene rings is 1. The van der Waals surface area contributed by atoms with Gasteiger partial charge in [-0.2, -0.15) is 0 Å². The van der Waals surface area contributed by atoms with Gasteiger partial charge in [0.2, 0.25) is 0 Å². The van der Waals surface area contributed by atoms with Crippen molar-refractivity contribution < 1.29 is 28.6 Å². The van der Waals surface area contributed by atoms with Crippen LogP contribution >= 0.6 is 0 Å². The maximum absolute atomic E-state index is 12.9. The molecule has 0 unspecified atom stereocenters. The highest BCUT2D eigenvalue weighted by molar-refractivity contribution is 6.74. The molecule has 0 spiro atoms. The Morgan fingerprint density at radius 2 is 1.72 bits per heavy atom. The lowest BCUT2D eigenvalue weighted by Gasteiger charge is -2.38. The number of nitrogens with zero attached hydrogens (tertiary/aromatic N) is 1. The van der Waals surface area contributed by atoms with E-state index < -0.39 is 37.6 Å². The van der Waals surface area contributed by atoms with Crippen molar-refractivity contribution in [2.75, 3.05) is 13.2 Å². The Kier molecular flexibility index (Phi) is 7.85. The van der Waals surface area contributed by atoms with Gasteiger partial charge in [0.1, 0.15) is 23.9 Å². The zero-order valence-corrected chi connectivity index (χ0v) is 21.7. The van der Waals surface area contributed by atoms with Crippen LogP contribution in [0.2, 0.25) is 18.1 Å². The van der Waals surface area contributed by atoms with Crippen LogP contribution in [0.25, 0.3) is 0 Å². The predicted octanol–water partition coefficient (Wildman–Crippen LogP) is 4.49. The van der Waals surface area contributed by atoms with Gasteiger partial charge in [-0.15, -0.1) is 0 Å². The molecule has 0 aromatic heterocycles. The Morgan fingerprint density at radius 3 is 2.25 bits per heavy atom. The molecule has 2 rings (SSSR count). The number of esters is 1. The highest BCUT2D eigenvalue weighted by Gasteiger charge is 2.51. The number of β-amino-alcohol motifs (C(OH)–C–C–N with tert-alkyl or cyclic N) is 1. The molecular weight excluding hydrogens is 426 g/mol. The van der Waals surface area contributed by atoms with Gasteiger partial charge in [-0.3, -0.25) is 4.90 Å². The first-order chi connectivity index (χ1) is 14.5. The molecule has 1 heterocycles. The average Bonchev–Trinajstić information content (AvgIpc) is 3.02. The van der Waals surface area contributed by atoms with Crippen LogP contribution in [0, 0.1) is 0 Å². The Bertz CT molecular complexity index is 799. The van der Waals surface area contributed by atoms with Gasteiger partial charge in [0, 0.05) is 6.42 Å². The molecule has 1 aliphatic rings. The van der Waals surface area contributed by atoms with Gasteiger partial charge in [0.25, 0.3) is 0 Å². The normalized spacial score (nSPS) is 22.0. The average molecular weight is 466 g/mol. The van der Waals surface area contributed by atoms with E-state index in [4.69, 9.17) is 13.9 Å². The van der Waals surface area contributed by atoms with Crippen molar-refractivity contribution in [2.45, 2.75) is 89.9 Å². The molecule has 180 valence electrons. The van der Waals surface area contributed by atoms with Gasteiger partial charge in [0.15, 0.2) is 8.32 Å². The Labute approximate surface area is 193 Å². The molecule has 1 aromatic rings. The minimum absolute atomic E-state index is 0.0270. The van der Waals surface area contributed by atoms with Crippen molar-refractivity contribution in [3.8, 4) is 0 Å². The summed E-state index contributed by atoms with van der Waals surface area (Å²) in [7, 11) is -2.13. The first-order valence-corrected chi connectivity index (χ1v) is 14.0. The van der Waals surface area contributed by atoms with E-state index in [1.165, 1.54) is 4.90 Å². The molecule has 7 nitrogen and oxygen atoms in total. The van der Waals surface area contributed by atoms with E-state index in [9.17, 15) is 14.7 Å². The molecule has 0 aliphatic carbocycles. The van der Waals surface area contributed by atoms with Crippen LogP contribution in [0.4, 0.5) is 4.79 Å². The van der Waals surface area contributed by atoms with Crippen molar-refractivity contribution in [3.05, 3.63) is 35.9 Å². The van der Waals surface area contributed by atoms with E-state index in [1.54, 1.807) is 20.8 Å². The van der Waals surface area contributed by atoms with E-state index in [0.29, 0.717) is 0 Å². The van der Waals surface area contributed by atoms with Crippen molar-refractivity contribution in [1.82, 2.24) is 4.90 Å². The number of carbonyl (C=O) groups is 2. The number of rotatable bonds is 6. The minimum atomic E-state index is -2.13. The van der Waals surface area contributed by atoms with E-state index in [0.717, 1.165) is 5.56 Å². The summed E-state index contributed by atoms with van der Waals surface area (Å²) in [6.07, 6.45) is -0.614. The molecular formula is C24H39NO6Si. The van der Waals surface area contributed by atoms with Crippen molar-refractivity contribution >= 4 is 20.4 Å². The molecule has 0 bridgehead atoms. The summed E-state index contributed by atoms with van der Waals surface area (Å²) in [6.45, 7) is 15.9. The third-order valence-corrected chi connectivity index (χ3v) is 10.5. The smallest absolute Gasteiger partial charge is 0.411 e. The summed E-state index contributed by atoms with van der Waals surface area (Å²) >= 11 is 0. The van der Waals surface area contributed by atoms with E-state index in [-0.39, 0.29) is 31.2 Å². The number of amides is 1. The zero-order chi connectivity index (χ0) is 24.4. The summed E-state index contributed by atoms with van der Waals surface area (Å²) in [5, 5.41) is 11.3. The first-order valence-electron chi connectivity index (χ1n) is 11.1. The first kappa shape index (κ1) is 26.4. The van der Waals surface area contributed by atoms with Gasteiger partial charge < -0.3 is 19.0 Å². The standard InChI is InChI=1S/C24H39NO6Si/c1-22(2,3)31-21(27)25-16-24(28,17-30-32(7,8)23(4,5)6)14-19(25)20(26)29-15-18-12-10-9-11-13-18/h9-13,19,28H,14-17H2,1-8H3/t19-,24-/m0/s1. The third-order valence-electron chi connectivity index (χ3n) is 6.05. The molecule has 2 atom stereocenters. The molecule has 8 heteroatoms. The number of ether oxygens (including phenoxy) is 2. The SMILES string of the molecule is CC(C)(C)OC(=O)N1C[C@](O)(CO[Si](C)(C)C(C)(C)C)C[C@H]1C(=O)OCc1ccccc1. The quantitative estimate of drug-likeness (QED) is 0.492. The second-order valence-electron chi connectivity index (χ2n) is 11.2. The van der Waals surface area contributed by atoms with Gasteiger partial charge in [-0.1, -0.05) is 51.1 Å². The van der Waals surface area contributed by atoms with Gasteiger partial charge in [0.05, 0.1) is 13.2 Å². The fourth-order valence-electron chi connectivity index (χ4n) is 3.15. The summed E-state index contributed by atoms with van der Waals surface area (Å²) in [5.74, 6) is -0.567. The lowest BCUT2D eigenvalue weighted by molar-refractivity contribution is -0.150. The van der Waals surface area contributed by atoms with Crippen molar-refractivity contribution in [3.63, 3.8) is 0 Å². The highest BCUT2D eigenvalue weighted by Crippen LogP contribution is 2.38. The molecule has 1 aliphatic heterocycles. The fraction of sp³-hybridized carbons (Fsp3) is 0.667. The highest BCUT2D eigenvalue weighted by atomic mass is 28.4. The molecule has 32 heavy (non-hydrogen) atoms. The Morgan fingerprint density at radius 1 is 1.12 bits per heavy atom. The number of hydrogen-bond acceptors (Lipinski definition) is 6. The van der Waals surface area contributed by atoms with Crippen molar-refractivity contribution in [2.24, 2.45) is 0 Å². The van der Waals surface area contributed by atoms with Crippen LogP contribution in [0.1, 0.15) is 53.5 Å². The van der Waals surface area contributed by atoms with E-state index in [2.05, 4.69) is 33.9 Å². The molecule has 1 aromatic carbocycles. The van der Waals surface area contributed by atoms with Crippen LogP contribution in [0.5, 0.6) is 0 Å². The van der Waals surface area contributed by atoms with Gasteiger partial charge in [-0.05, 0) is 44.5 Å². The lowest BCUT2D eigenvalue weighted by atomic mass is 10.0. The molecule has 1 amide bonds. The second-order valence-corrected chi connectivity index (χ2v) is 16.0. The second kappa shape index (κ2) is 9.53. The number of likely N-dealkylation sites (tertiary alicyclic amines) is 1. The fourth-order valence-corrected chi connectivity index (χ4v) is 4.21. The zero-order valence-electron chi connectivity index (χ0n) is 20.7. The van der Waals surface area contributed by atoms with Gasteiger partial charge >= 0.3 is 12.1 Å². The topological polar surface area (TPSA) is 85.3 Å². The van der Waals surface area contributed by atoms with Crippen LogP contribution in [-0.4, -0.2) is 60.8 Å². The van der Waals surface area contributed by atoms with E-state index >= 15 is 0 Å². The predicted molar refractivity (Wildman–Crippen MR) is 126 cm³/mol. The molecule has 1 saturated heterocycles. The maximum Gasteiger partial charge on any atom is 0.411 e. The monoisotopic (exact) mass is 465 g/mol. The lowest BCUT2D eigenvalue weighted by Crippen LogP contribution is -2.48. The van der Waals surface area contributed by atoms with Crippen LogP contribution < -0.4 is 0 Å². The summed E-state index contributed by atoms with van der Waals surface area (Å²) in [5.41, 5.74) is -1.24. The molecule has 1 N–H and O–H groups in total. The number of hydrogen-bond donors (Lipinski definition) is 1. The Hall–Kier alpha value is -1.90. The summed E-state index contributed by atoms with van der Waals surface area (Å²) in [4.78, 5) is 27.1. The van der Waals surface area contributed by atoms with Crippen molar-refractivity contribution in [1.29, 1.82) is 0 Å². The number of carbonyl (C=O) groups excluding carboxylic acids is 2. The largest absolute Gasteiger partial charge is 0.459 e. The molecule has 0 saturated carbocycles. The van der Waals surface area contributed by atoms with E-state index in [1.807, 2.05) is 30.3 Å². The molecule has 1 fully saturated rings. The van der Waals surface area contributed by atoms with Crippen LogP contribution in [-0.2, 0) is 25.3 Å². The summed E-state index contributed by atoms with van der Waals surface area (Å²) < 4.78 is 17.2. The third kappa shape index (κ3) is 7.05. The number of aliphatic hydroxyl groups is 1. The minimum Gasteiger partial charge on any atom is -0.459 e. The van der Waals surface area contributed by atoms with Gasteiger partial charge in [-0.25, -0.2) is 9.59 Å². The Balaban J connectivity index is 2.16. The van der Waals surface area contributed by atoms with Crippen LogP contribution in [0.3, 0.4) is 0 Å². The van der Waals surface area contributed by atoms with Crippen LogP contribution in [0.15, 0.2) is 30.3 Å². The maximum atomic E-state index is 12.9.